The predicted octanol–water partition coefficient (Wildman–Crippen LogP) is 2.96. The zero-order chi connectivity index (χ0) is 11.5. The van der Waals surface area contributed by atoms with Crippen molar-refractivity contribution >= 4 is 0 Å². The maximum absolute atomic E-state index is 5.34. The molecule has 1 atom stereocenters. The summed E-state index contributed by atoms with van der Waals surface area (Å²) in [4.78, 5) is 8.44. The molecule has 17 heavy (non-hydrogen) atoms. The second-order valence-electron chi connectivity index (χ2n) is 4.17. The molecule has 0 saturated carbocycles. The van der Waals surface area contributed by atoms with Gasteiger partial charge in [0.1, 0.15) is 0 Å². The molecule has 2 aromatic rings. The molecule has 2 heterocycles. The van der Waals surface area contributed by atoms with Gasteiger partial charge in [-0.05, 0) is 31.4 Å². The van der Waals surface area contributed by atoms with Gasteiger partial charge in [-0.3, -0.25) is 4.98 Å². The Morgan fingerprint density at radius 3 is 2.82 bits per heavy atom. The minimum Gasteiger partial charge on any atom is -0.339 e. The first kappa shape index (κ1) is 10.2. The van der Waals surface area contributed by atoms with E-state index in [-0.39, 0.29) is 0 Å². The molecule has 0 saturated heterocycles. The number of nitrogens with zero attached hydrogens (tertiary/aromatic N) is 3. The Kier molecular flexibility index (Phi) is 2.69. The summed E-state index contributed by atoms with van der Waals surface area (Å²) in [7, 11) is 0. The van der Waals surface area contributed by atoms with Gasteiger partial charge >= 0.3 is 0 Å². The number of rotatable bonds is 2. The van der Waals surface area contributed by atoms with E-state index < -0.39 is 0 Å². The van der Waals surface area contributed by atoms with E-state index in [1.165, 1.54) is 0 Å². The Hall–Kier alpha value is -1.97. The van der Waals surface area contributed by atoms with E-state index in [0.717, 1.165) is 30.7 Å². The van der Waals surface area contributed by atoms with E-state index in [1.54, 1.807) is 12.4 Å². The maximum atomic E-state index is 5.34. The third-order valence-corrected chi connectivity index (χ3v) is 3.00. The van der Waals surface area contributed by atoms with Crippen molar-refractivity contribution in [2.24, 2.45) is 0 Å². The molecule has 86 valence electrons. The Labute approximate surface area is 99.4 Å². The van der Waals surface area contributed by atoms with Crippen molar-refractivity contribution in [2.45, 2.75) is 25.2 Å². The van der Waals surface area contributed by atoms with Crippen LogP contribution < -0.4 is 0 Å². The highest BCUT2D eigenvalue weighted by molar-refractivity contribution is 5.52. The van der Waals surface area contributed by atoms with E-state index in [0.29, 0.717) is 11.7 Å². The lowest BCUT2D eigenvalue weighted by Gasteiger charge is -2.12. The van der Waals surface area contributed by atoms with Gasteiger partial charge in [0.2, 0.25) is 11.7 Å². The average molecular weight is 227 g/mol. The summed E-state index contributed by atoms with van der Waals surface area (Å²) in [6.45, 7) is 0. The molecule has 0 aliphatic heterocycles. The van der Waals surface area contributed by atoms with Crippen LogP contribution >= 0.6 is 0 Å². The Morgan fingerprint density at radius 2 is 2.06 bits per heavy atom. The van der Waals surface area contributed by atoms with Crippen LogP contribution in [0.2, 0.25) is 0 Å². The van der Waals surface area contributed by atoms with Crippen LogP contribution in [0.1, 0.15) is 31.1 Å². The molecular formula is C13H13N3O. The lowest BCUT2D eigenvalue weighted by atomic mass is 9.94. The highest BCUT2D eigenvalue weighted by Gasteiger charge is 2.19. The molecule has 0 spiro atoms. The van der Waals surface area contributed by atoms with E-state index in [9.17, 15) is 0 Å². The van der Waals surface area contributed by atoms with Crippen LogP contribution in [0.25, 0.3) is 11.4 Å². The second-order valence-corrected chi connectivity index (χ2v) is 4.17. The highest BCUT2D eigenvalue weighted by atomic mass is 16.5. The normalized spacial score (nSPS) is 19.4. The Balaban J connectivity index is 1.85. The van der Waals surface area contributed by atoms with Gasteiger partial charge in [-0.2, -0.15) is 4.98 Å². The van der Waals surface area contributed by atoms with Crippen LogP contribution in [-0.2, 0) is 0 Å². The van der Waals surface area contributed by atoms with Crippen LogP contribution in [0, 0.1) is 0 Å². The molecule has 0 bridgehead atoms. The van der Waals surface area contributed by atoms with Gasteiger partial charge in [0.15, 0.2) is 0 Å². The number of hydrogen-bond donors (Lipinski definition) is 0. The molecule has 0 N–H and O–H groups in total. The topological polar surface area (TPSA) is 51.8 Å². The molecule has 1 aliphatic carbocycles. The van der Waals surface area contributed by atoms with Gasteiger partial charge in [-0.15, -0.1) is 0 Å². The van der Waals surface area contributed by atoms with Gasteiger partial charge in [0.25, 0.3) is 0 Å². The van der Waals surface area contributed by atoms with Crippen molar-refractivity contribution in [1.82, 2.24) is 15.1 Å². The smallest absolute Gasteiger partial charge is 0.230 e. The summed E-state index contributed by atoms with van der Waals surface area (Å²) in [5, 5.41) is 4.02. The lowest BCUT2D eigenvalue weighted by Crippen LogP contribution is -2.00. The van der Waals surface area contributed by atoms with Gasteiger partial charge in [-0.1, -0.05) is 17.3 Å². The molecule has 4 heteroatoms. The van der Waals surface area contributed by atoms with Crippen molar-refractivity contribution < 1.29 is 4.52 Å². The average Bonchev–Trinajstić information content (AvgIpc) is 2.90. The van der Waals surface area contributed by atoms with Crippen molar-refractivity contribution in [3.63, 3.8) is 0 Å². The molecule has 0 radical (unpaired) electrons. The summed E-state index contributed by atoms with van der Waals surface area (Å²) in [5.74, 6) is 1.78. The zero-order valence-corrected chi connectivity index (χ0v) is 9.41. The van der Waals surface area contributed by atoms with Crippen LogP contribution in [0.4, 0.5) is 0 Å². The fraction of sp³-hybridized carbons (Fsp3) is 0.308. The zero-order valence-electron chi connectivity index (χ0n) is 9.41. The van der Waals surface area contributed by atoms with E-state index >= 15 is 0 Å². The summed E-state index contributed by atoms with van der Waals surface area (Å²) in [6.07, 6.45) is 11.0. The van der Waals surface area contributed by atoms with E-state index in [4.69, 9.17) is 4.52 Å². The Bertz CT molecular complexity index is 518. The van der Waals surface area contributed by atoms with Crippen molar-refractivity contribution in [2.75, 3.05) is 0 Å². The summed E-state index contributed by atoms with van der Waals surface area (Å²) >= 11 is 0. The summed E-state index contributed by atoms with van der Waals surface area (Å²) < 4.78 is 5.34. The molecular weight excluding hydrogens is 214 g/mol. The molecule has 0 aromatic carbocycles. The van der Waals surface area contributed by atoms with Crippen LogP contribution in [0.3, 0.4) is 0 Å². The van der Waals surface area contributed by atoms with Crippen LogP contribution in [-0.4, -0.2) is 15.1 Å². The SMILES string of the molecule is C1=CCC(c2nc(-c3ccncc3)no2)CC1. The number of aromatic nitrogens is 3. The van der Waals surface area contributed by atoms with Crippen LogP contribution in [0.15, 0.2) is 41.2 Å². The number of hydrogen-bond acceptors (Lipinski definition) is 4. The third-order valence-electron chi connectivity index (χ3n) is 3.00. The second kappa shape index (κ2) is 4.49. The minimum atomic E-state index is 0.378. The van der Waals surface area contributed by atoms with Gasteiger partial charge < -0.3 is 4.52 Å². The summed E-state index contributed by atoms with van der Waals surface area (Å²) in [5.41, 5.74) is 0.946. The number of pyridine rings is 1. The third kappa shape index (κ3) is 2.11. The predicted molar refractivity (Wildman–Crippen MR) is 63.3 cm³/mol. The molecule has 2 aromatic heterocycles. The molecule has 1 aliphatic rings. The molecule has 0 fully saturated rings. The van der Waals surface area contributed by atoms with Gasteiger partial charge in [-0.25, -0.2) is 0 Å². The van der Waals surface area contributed by atoms with Crippen LogP contribution in [0.5, 0.6) is 0 Å². The first-order valence-corrected chi connectivity index (χ1v) is 5.82. The Morgan fingerprint density at radius 1 is 1.18 bits per heavy atom. The largest absolute Gasteiger partial charge is 0.339 e. The maximum Gasteiger partial charge on any atom is 0.230 e. The molecule has 0 amide bonds. The monoisotopic (exact) mass is 227 g/mol. The van der Waals surface area contributed by atoms with Crippen molar-refractivity contribution in [3.8, 4) is 11.4 Å². The van der Waals surface area contributed by atoms with E-state index in [1.807, 2.05) is 12.1 Å². The van der Waals surface area contributed by atoms with Gasteiger partial charge in [0.05, 0.1) is 0 Å². The fourth-order valence-electron chi connectivity index (χ4n) is 2.04. The lowest BCUT2D eigenvalue weighted by molar-refractivity contribution is 0.345. The molecule has 1 unspecified atom stereocenters. The van der Waals surface area contributed by atoms with Gasteiger partial charge in [0, 0.05) is 23.9 Å². The first-order valence-electron chi connectivity index (χ1n) is 5.82. The molecule has 4 nitrogen and oxygen atoms in total. The first-order chi connectivity index (χ1) is 8.43. The fourth-order valence-corrected chi connectivity index (χ4v) is 2.04. The summed E-state index contributed by atoms with van der Waals surface area (Å²) in [6, 6.07) is 3.77. The number of allylic oxidation sites excluding steroid dienone is 2. The minimum absolute atomic E-state index is 0.378. The highest BCUT2D eigenvalue weighted by Crippen LogP contribution is 2.29. The quantitative estimate of drug-likeness (QED) is 0.740. The van der Waals surface area contributed by atoms with Crippen molar-refractivity contribution in [3.05, 3.63) is 42.6 Å². The standard InChI is InChI=1S/C13H13N3O/c1-2-4-11(5-3-1)13-15-12(16-17-13)10-6-8-14-9-7-10/h1-2,6-9,11H,3-5H2. The van der Waals surface area contributed by atoms with E-state index in [2.05, 4.69) is 27.3 Å². The van der Waals surface area contributed by atoms with Crippen molar-refractivity contribution in [1.29, 1.82) is 0 Å². The molecule has 3 rings (SSSR count).